The zero-order valence-corrected chi connectivity index (χ0v) is 18.8. The van der Waals surface area contributed by atoms with E-state index in [-0.39, 0.29) is 10.8 Å². The molecule has 0 heterocycles. The highest BCUT2D eigenvalue weighted by molar-refractivity contribution is 7.92. The van der Waals surface area contributed by atoms with Crippen molar-refractivity contribution in [1.82, 2.24) is 0 Å². The number of carbonyl (C=O) groups is 1. The SMILES string of the molecule is COc1cc(OC)cc(C(=O)Nc2ccc(S(=O)(=O)Nc3cccc4ccccc34)cc2)c1. The van der Waals surface area contributed by atoms with Crippen LogP contribution in [0.4, 0.5) is 11.4 Å². The molecule has 0 saturated carbocycles. The highest BCUT2D eigenvalue weighted by Gasteiger charge is 2.16. The fourth-order valence-corrected chi connectivity index (χ4v) is 4.46. The Morgan fingerprint density at radius 2 is 1.42 bits per heavy atom. The van der Waals surface area contributed by atoms with Crippen molar-refractivity contribution >= 4 is 38.1 Å². The zero-order chi connectivity index (χ0) is 23.4. The summed E-state index contributed by atoms with van der Waals surface area (Å²) < 4.78 is 38.9. The summed E-state index contributed by atoms with van der Waals surface area (Å²) in [5.41, 5.74) is 1.30. The van der Waals surface area contributed by atoms with Gasteiger partial charge in [-0.2, -0.15) is 0 Å². The predicted octanol–water partition coefficient (Wildman–Crippen LogP) is 4.91. The van der Waals surface area contributed by atoms with Crippen LogP contribution in [-0.2, 0) is 10.0 Å². The summed E-state index contributed by atoms with van der Waals surface area (Å²) in [5.74, 6) is 0.595. The van der Waals surface area contributed by atoms with Gasteiger partial charge in [0, 0.05) is 22.7 Å². The van der Waals surface area contributed by atoms with Crippen LogP contribution in [0.2, 0.25) is 0 Å². The van der Waals surface area contributed by atoms with Gasteiger partial charge in [-0.1, -0.05) is 36.4 Å². The van der Waals surface area contributed by atoms with Gasteiger partial charge in [0.1, 0.15) is 11.5 Å². The van der Waals surface area contributed by atoms with Crippen LogP contribution in [0, 0.1) is 0 Å². The van der Waals surface area contributed by atoms with Gasteiger partial charge in [0.25, 0.3) is 15.9 Å². The summed E-state index contributed by atoms with van der Waals surface area (Å²) in [6.07, 6.45) is 0. The van der Waals surface area contributed by atoms with E-state index in [1.807, 2.05) is 30.3 Å². The van der Waals surface area contributed by atoms with E-state index >= 15 is 0 Å². The van der Waals surface area contributed by atoms with Crippen molar-refractivity contribution in [1.29, 1.82) is 0 Å². The second-order valence-electron chi connectivity index (χ2n) is 7.21. The minimum Gasteiger partial charge on any atom is -0.497 e. The Bertz CT molecular complexity index is 1390. The predicted molar refractivity (Wildman–Crippen MR) is 129 cm³/mol. The van der Waals surface area contributed by atoms with Gasteiger partial charge in [-0.05, 0) is 47.9 Å². The molecule has 168 valence electrons. The van der Waals surface area contributed by atoms with Crippen molar-refractivity contribution in [2.45, 2.75) is 4.90 Å². The molecule has 0 spiro atoms. The van der Waals surface area contributed by atoms with Crippen LogP contribution < -0.4 is 19.5 Å². The molecule has 8 heteroatoms. The number of rotatable bonds is 7. The minimum atomic E-state index is -3.82. The van der Waals surface area contributed by atoms with Gasteiger partial charge >= 0.3 is 0 Å². The Morgan fingerprint density at radius 3 is 2.09 bits per heavy atom. The van der Waals surface area contributed by atoms with Gasteiger partial charge < -0.3 is 14.8 Å². The van der Waals surface area contributed by atoms with Crippen molar-refractivity contribution in [3.8, 4) is 11.5 Å². The molecular formula is C25H22N2O5S. The summed E-state index contributed by atoms with van der Waals surface area (Å²) in [7, 11) is -0.812. The molecule has 33 heavy (non-hydrogen) atoms. The van der Waals surface area contributed by atoms with E-state index in [0.717, 1.165) is 10.8 Å². The second-order valence-corrected chi connectivity index (χ2v) is 8.89. The number of fused-ring (bicyclic) bond motifs is 1. The molecule has 7 nitrogen and oxygen atoms in total. The first-order chi connectivity index (χ1) is 15.9. The van der Waals surface area contributed by atoms with Crippen LogP contribution in [0.25, 0.3) is 10.8 Å². The molecule has 0 aliphatic rings. The Labute approximate surface area is 192 Å². The molecule has 0 radical (unpaired) electrons. The van der Waals surface area contributed by atoms with Gasteiger partial charge in [0.05, 0.1) is 24.8 Å². The number of amides is 1. The summed E-state index contributed by atoms with van der Waals surface area (Å²) in [6.45, 7) is 0. The molecule has 0 unspecified atom stereocenters. The molecule has 0 aliphatic carbocycles. The van der Waals surface area contributed by atoms with Crippen LogP contribution >= 0.6 is 0 Å². The minimum absolute atomic E-state index is 0.0801. The van der Waals surface area contributed by atoms with Gasteiger partial charge in [-0.25, -0.2) is 8.42 Å². The van der Waals surface area contributed by atoms with Crippen LogP contribution in [0.1, 0.15) is 10.4 Å². The standard InChI is InChI=1S/C25H22N2O5S/c1-31-20-14-18(15-21(16-20)32-2)25(28)26-19-10-12-22(13-11-19)33(29,30)27-24-9-5-7-17-6-3-4-8-23(17)24/h3-16,27H,1-2H3,(H,26,28). The fraction of sp³-hybridized carbons (Fsp3) is 0.0800. The molecule has 0 aromatic heterocycles. The number of nitrogens with one attached hydrogen (secondary N) is 2. The maximum atomic E-state index is 12.9. The third-order valence-electron chi connectivity index (χ3n) is 5.07. The zero-order valence-electron chi connectivity index (χ0n) is 18.0. The number of hydrogen-bond acceptors (Lipinski definition) is 5. The van der Waals surface area contributed by atoms with E-state index in [0.29, 0.717) is 28.4 Å². The summed E-state index contributed by atoms with van der Waals surface area (Å²) in [4.78, 5) is 12.7. The molecule has 0 fully saturated rings. The van der Waals surface area contributed by atoms with E-state index in [1.54, 1.807) is 30.3 Å². The van der Waals surface area contributed by atoms with Crippen LogP contribution in [0.3, 0.4) is 0 Å². The quantitative estimate of drug-likeness (QED) is 0.407. The molecule has 0 bridgehead atoms. The van der Waals surface area contributed by atoms with E-state index in [1.165, 1.54) is 38.5 Å². The fourth-order valence-electron chi connectivity index (χ4n) is 3.38. The summed E-state index contributed by atoms with van der Waals surface area (Å²) >= 11 is 0. The van der Waals surface area contributed by atoms with Crippen molar-refractivity contribution in [2.75, 3.05) is 24.3 Å². The maximum absolute atomic E-state index is 12.9. The lowest BCUT2D eigenvalue weighted by Crippen LogP contribution is -2.14. The van der Waals surface area contributed by atoms with Crippen LogP contribution in [-0.4, -0.2) is 28.5 Å². The highest BCUT2D eigenvalue weighted by Crippen LogP contribution is 2.27. The number of carbonyl (C=O) groups excluding carboxylic acids is 1. The topological polar surface area (TPSA) is 93.7 Å². The Morgan fingerprint density at radius 1 is 0.788 bits per heavy atom. The first kappa shape index (κ1) is 22.2. The number of ether oxygens (including phenoxy) is 2. The monoisotopic (exact) mass is 462 g/mol. The lowest BCUT2D eigenvalue weighted by Gasteiger charge is -2.12. The molecule has 2 N–H and O–H groups in total. The average molecular weight is 463 g/mol. The second kappa shape index (κ2) is 9.22. The van der Waals surface area contributed by atoms with E-state index < -0.39 is 10.0 Å². The van der Waals surface area contributed by atoms with Crippen LogP contribution in [0.5, 0.6) is 11.5 Å². The van der Waals surface area contributed by atoms with Crippen molar-refractivity contribution in [2.24, 2.45) is 0 Å². The Balaban J connectivity index is 1.52. The molecule has 0 atom stereocenters. The first-order valence-electron chi connectivity index (χ1n) is 10.0. The normalized spacial score (nSPS) is 11.1. The Kier molecular flexibility index (Phi) is 6.19. The third-order valence-corrected chi connectivity index (χ3v) is 6.45. The van der Waals surface area contributed by atoms with E-state index in [2.05, 4.69) is 10.0 Å². The highest BCUT2D eigenvalue weighted by atomic mass is 32.2. The van der Waals surface area contributed by atoms with Gasteiger partial charge in [0.15, 0.2) is 0 Å². The number of anilines is 2. The van der Waals surface area contributed by atoms with Crippen molar-refractivity contribution < 1.29 is 22.7 Å². The molecule has 1 amide bonds. The van der Waals surface area contributed by atoms with Crippen molar-refractivity contribution in [3.05, 3.63) is 90.5 Å². The molecule has 4 aromatic carbocycles. The van der Waals surface area contributed by atoms with Crippen molar-refractivity contribution in [3.63, 3.8) is 0 Å². The lowest BCUT2D eigenvalue weighted by molar-refractivity contribution is 0.102. The van der Waals surface area contributed by atoms with E-state index in [4.69, 9.17) is 9.47 Å². The maximum Gasteiger partial charge on any atom is 0.261 e. The molecular weight excluding hydrogens is 440 g/mol. The van der Waals surface area contributed by atoms with Crippen LogP contribution in [0.15, 0.2) is 89.8 Å². The first-order valence-corrected chi connectivity index (χ1v) is 11.5. The number of hydrogen-bond donors (Lipinski definition) is 2. The van der Waals surface area contributed by atoms with Gasteiger partial charge in [0.2, 0.25) is 0 Å². The van der Waals surface area contributed by atoms with E-state index in [9.17, 15) is 13.2 Å². The molecule has 4 aromatic rings. The number of methoxy groups -OCH3 is 2. The average Bonchev–Trinajstić information content (AvgIpc) is 2.84. The summed E-state index contributed by atoms with van der Waals surface area (Å²) in [6, 6.07) is 23.8. The number of sulfonamides is 1. The van der Waals surface area contributed by atoms with Gasteiger partial charge in [-0.15, -0.1) is 0 Å². The smallest absolute Gasteiger partial charge is 0.261 e. The molecule has 0 saturated heterocycles. The molecule has 4 rings (SSSR count). The third kappa shape index (κ3) is 4.91. The lowest BCUT2D eigenvalue weighted by atomic mass is 10.1. The molecule has 0 aliphatic heterocycles. The largest absolute Gasteiger partial charge is 0.497 e. The summed E-state index contributed by atoms with van der Waals surface area (Å²) in [5, 5.41) is 4.49. The number of benzene rings is 4. The Hall–Kier alpha value is -4.04. The van der Waals surface area contributed by atoms with Gasteiger partial charge in [-0.3, -0.25) is 9.52 Å².